The smallest absolute Gasteiger partial charge is 0.354 e. The zero-order valence-electron chi connectivity index (χ0n) is 11.0. The number of phenols is 1. The normalized spacial score (nSPS) is 12.1. The number of rotatable bonds is 4. The molecule has 0 saturated heterocycles. The van der Waals surface area contributed by atoms with E-state index >= 15 is 0 Å². The van der Waals surface area contributed by atoms with Gasteiger partial charge in [0.05, 0.1) is 12.6 Å². The second-order valence-corrected chi connectivity index (χ2v) is 4.29. The van der Waals surface area contributed by atoms with Gasteiger partial charge in [-0.1, -0.05) is 12.1 Å². The zero-order valence-corrected chi connectivity index (χ0v) is 11.0. The summed E-state index contributed by atoms with van der Waals surface area (Å²) in [7, 11) is 0. The largest absolute Gasteiger partial charge is 0.508 e. The van der Waals surface area contributed by atoms with E-state index < -0.39 is 0 Å². The van der Waals surface area contributed by atoms with Crippen molar-refractivity contribution in [2.24, 2.45) is 0 Å². The quantitative estimate of drug-likeness (QED) is 0.859. The van der Waals surface area contributed by atoms with Crippen molar-refractivity contribution in [2.75, 3.05) is 6.61 Å². The Balaban J connectivity index is 2.29. The monoisotopic (exact) mass is 259 g/mol. The Labute approximate surface area is 112 Å². The maximum absolute atomic E-state index is 11.8. The molecular formula is C15H17NO3. The highest BCUT2D eigenvalue weighted by Gasteiger charge is 2.16. The van der Waals surface area contributed by atoms with E-state index in [4.69, 9.17) is 4.74 Å². The van der Waals surface area contributed by atoms with E-state index in [0.717, 1.165) is 5.56 Å². The summed E-state index contributed by atoms with van der Waals surface area (Å²) in [6.07, 6.45) is 1.85. The lowest BCUT2D eigenvalue weighted by atomic mass is 10.1. The molecule has 100 valence electrons. The maximum atomic E-state index is 11.8. The van der Waals surface area contributed by atoms with Crippen LogP contribution in [0.25, 0.3) is 0 Å². The van der Waals surface area contributed by atoms with E-state index in [2.05, 4.69) is 0 Å². The number of aromatic hydroxyl groups is 1. The van der Waals surface area contributed by atoms with E-state index in [9.17, 15) is 9.90 Å². The molecule has 0 fully saturated rings. The van der Waals surface area contributed by atoms with Crippen LogP contribution >= 0.6 is 0 Å². The Hall–Kier alpha value is -2.23. The SMILES string of the molecule is CCOC(=O)c1cccn1C(C)c1ccc(O)cc1. The van der Waals surface area contributed by atoms with Crippen LogP contribution in [0.4, 0.5) is 0 Å². The Kier molecular flexibility index (Phi) is 3.90. The molecular weight excluding hydrogens is 242 g/mol. The van der Waals surface area contributed by atoms with Crippen LogP contribution in [0, 0.1) is 0 Å². The van der Waals surface area contributed by atoms with Crippen LogP contribution in [0.1, 0.15) is 35.9 Å². The Morgan fingerprint density at radius 1 is 1.32 bits per heavy atom. The van der Waals surface area contributed by atoms with Gasteiger partial charge in [0.2, 0.25) is 0 Å². The van der Waals surface area contributed by atoms with Gasteiger partial charge in [-0.25, -0.2) is 4.79 Å². The lowest BCUT2D eigenvalue weighted by Crippen LogP contribution is -2.15. The van der Waals surface area contributed by atoms with Gasteiger partial charge in [0.15, 0.2) is 0 Å². The molecule has 4 nitrogen and oxygen atoms in total. The molecule has 0 spiro atoms. The molecule has 1 atom stereocenters. The van der Waals surface area contributed by atoms with E-state index in [-0.39, 0.29) is 17.8 Å². The van der Waals surface area contributed by atoms with Gasteiger partial charge in [-0.15, -0.1) is 0 Å². The molecule has 0 aliphatic heterocycles. The van der Waals surface area contributed by atoms with Gasteiger partial charge < -0.3 is 14.4 Å². The average molecular weight is 259 g/mol. The zero-order chi connectivity index (χ0) is 13.8. The van der Waals surface area contributed by atoms with Crippen molar-refractivity contribution in [3.05, 3.63) is 53.9 Å². The maximum Gasteiger partial charge on any atom is 0.354 e. The highest BCUT2D eigenvalue weighted by molar-refractivity contribution is 5.87. The number of hydrogen-bond donors (Lipinski definition) is 1. The minimum atomic E-state index is -0.321. The lowest BCUT2D eigenvalue weighted by Gasteiger charge is -2.17. The van der Waals surface area contributed by atoms with Crippen LogP contribution in [0.5, 0.6) is 5.75 Å². The molecule has 0 aliphatic carbocycles. The van der Waals surface area contributed by atoms with Gasteiger partial charge >= 0.3 is 5.97 Å². The fraction of sp³-hybridized carbons (Fsp3) is 0.267. The number of nitrogens with zero attached hydrogens (tertiary/aromatic N) is 1. The first-order valence-electron chi connectivity index (χ1n) is 6.26. The fourth-order valence-electron chi connectivity index (χ4n) is 2.02. The molecule has 0 saturated carbocycles. The van der Waals surface area contributed by atoms with Crippen LogP contribution < -0.4 is 0 Å². The molecule has 1 aromatic carbocycles. The predicted molar refractivity (Wildman–Crippen MR) is 72.3 cm³/mol. The lowest BCUT2D eigenvalue weighted by molar-refractivity contribution is 0.0512. The summed E-state index contributed by atoms with van der Waals surface area (Å²) in [5.41, 5.74) is 1.54. The Morgan fingerprint density at radius 2 is 2.00 bits per heavy atom. The highest BCUT2D eigenvalue weighted by atomic mass is 16.5. The summed E-state index contributed by atoms with van der Waals surface area (Å²) >= 11 is 0. The van der Waals surface area contributed by atoms with Crippen molar-refractivity contribution in [2.45, 2.75) is 19.9 Å². The first-order valence-corrected chi connectivity index (χ1v) is 6.26. The average Bonchev–Trinajstić information content (AvgIpc) is 2.88. The first kappa shape index (κ1) is 13.2. The molecule has 4 heteroatoms. The first-order chi connectivity index (χ1) is 9.13. The molecule has 0 amide bonds. The second-order valence-electron chi connectivity index (χ2n) is 4.29. The van der Waals surface area contributed by atoms with E-state index in [1.165, 1.54) is 0 Å². The number of aromatic nitrogens is 1. The van der Waals surface area contributed by atoms with Crippen molar-refractivity contribution in [1.29, 1.82) is 0 Å². The number of benzene rings is 1. The van der Waals surface area contributed by atoms with Crippen molar-refractivity contribution < 1.29 is 14.6 Å². The van der Waals surface area contributed by atoms with Crippen LogP contribution in [-0.2, 0) is 4.74 Å². The van der Waals surface area contributed by atoms with Crippen LogP contribution in [0.15, 0.2) is 42.6 Å². The molecule has 19 heavy (non-hydrogen) atoms. The summed E-state index contributed by atoms with van der Waals surface area (Å²) in [4.78, 5) is 11.8. The standard InChI is InChI=1S/C15H17NO3/c1-3-19-15(18)14-5-4-10-16(14)11(2)12-6-8-13(17)9-7-12/h4-11,17H,3H2,1-2H3. The summed E-state index contributed by atoms with van der Waals surface area (Å²) in [6.45, 7) is 4.14. The summed E-state index contributed by atoms with van der Waals surface area (Å²) in [6, 6.07) is 10.5. The van der Waals surface area contributed by atoms with Gasteiger partial charge in [-0.05, 0) is 43.7 Å². The van der Waals surface area contributed by atoms with Crippen LogP contribution in [-0.4, -0.2) is 22.2 Å². The third-order valence-corrected chi connectivity index (χ3v) is 3.06. The molecule has 1 aromatic heterocycles. The number of carbonyl (C=O) groups is 1. The fourth-order valence-corrected chi connectivity index (χ4v) is 2.02. The molecule has 2 aromatic rings. The molecule has 1 unspecified atom stereocenters. The van der Waals surface area contributed by atoms with Gasteiger partial charge in [0.25, 0.3) is 0 Å². The second kappa shape index (κ2) is 5.61. The molecule has 0 radical (unpaired) electrons. The Bertz CT molecular complexity index is 557. The van der Waals surface area contributed by atoms with Gasteiger partial charge in [-0.3, -0.25) is 0 Å². The summed E-state index contributed by atoms with van der Waals surface area (Å²) in [5.74, 6) is -0.0906. The molecule has 1 heterocycles. The van der Waals surface area contributed by atoms with Crippen molar-refractivity contribution in [3.63, 3.8) is 0 Å². The van der Waals surface area contributed by atoms with Crippen molar-refractivity contribution >= 4 is 5.97 Å². The number of ether oxygens (including phenoxy) is 1. The van der Waals surface area contributed by atoms with E-state index in [1.807, 2.05) is 35.9 Å². The van der Waals surface area contributed by atoms with Gasteiger partial charge in [0, 0.05) is 6.20 Å². The van der Waals surface area contributed by atoms with Crippen molar-refractivity contribution in [3.8, 4) is 5.75 Å². The number of hydrogen-bond acceptors (Lipinski definition) is 3. The minimum Gasteiger partial charge on any atom is -0.508 e. The third-order valence-electron chi connectivity index (χ3n) is 3.06. The highest BCUT2D eigenvalue weighted by Crippen LogP contribution is 2.22. The van der Waals surface area contributed by atoms with Gasteiger partial charge in [-0.2, -0.15) is 0 Å². The summed E-state index contributed by atoms with van der Waals surface area (Å²) in [5, 5.41) is 9.30. The topological polar surface area (TPSA) is 51.5 Å². The summed E-state index contributed by atoms with van der Waals surface area (Å²) < 4.78 is 6.90. The van der Waals surface area contributed by atoms with Crippen LogP contribution in [0.3, 0.4) is 0 Å². The van der Waals surface area contributed by atoms with E-state index in [0.29, 0.717) is 12.3 Å². The number of carbonyl (C=O) groups excluding carboxylic acids is 1. The number of phenolic OH excluding ortho intramolecular Hbond substituents is 1. The number of esters is 1. The minimum absolute atomic E-state index is 0.00462. The van der Waals surface area contributed by atoms with Gasteiger partial charge in [0.1, 0.15) is 11.4 Å². The molecule has 0 aliphatic rings. The van der Waals surface area contributed by atoms with E-state index in [1.54, 1.807) is 25.1 Å². The predicted octanol–water partition coefficient (Wildman–Crippen LogP) is 2.98. The molecule has 1 N–H and O–H groups in total. The Morgan fingerprint density at radius 3 is 2.63 bits per heavy atom. The molecule has 0 bridgehead atoms. The molecule has 2 rings (SSSR count). The third kappa shape index (κ3) is 2.78. The van der Waals surface area contributed by atoms with Crippen molar-refractivity contribution in [1.82, 2.24) is 4.57 Å². The van der Waals surface area contributed by atoms with Crippen LogP contribution in [0.2, 0.25) is 0 Å².